The van der Waals surface area contributed by atoms with Crippen LogP contribution in [-0.2, 0) is 0 Å². The van der Waals surface area contributed by atoms with E-state index in [1.54, 1.807) is 24.3 Å². The van der Waals surface area contributed by atoms with Crippen LogP contribution in [0.15, 0.2) is 54.6 Å². The van der Waals surface area contributed by atoms with E-state index in [-0.39, 0.29) is 27.9 Å². The van der Waals surface area contributed by atoms with Crippen LogP contribution < -0.4 is 4.73 Å². The highest BCUT2D eigenvalue weighted by Gasteiger charge is 2.23. The summed E-state index contributed by atoms with van der Waals surface area (Å²) in [5.41, 5.74) is 0.220. The Labute approximate surface area is 136 Å². The first-order valence-electron chi connectivity index (χ1n) is 7.01. The molecule has 6 heteroatoms. The second-order valence-corrected chi connectivity index (χ2v) is 5.13. The molecule has 1 aromatic heterocycles. The summed E-state index contributed by atoms with van der Waals surface area (Å²) in [6.45, 7) is 0. The molecule has 0 saturated heterocycles. The molecule has 0 fully saturated rings. The fraction of sp³-hybridized carbons (Fsp3) is 0. The topological polar surface area (TPSA) is 98.4 Å². The van der Waals surface area contributed by atoms with Gasteiger partial charge in [-0.15, -0.1) is 0 Å². The molecule has 0 saturated carbocycles. The smallest absolute Gasteiger partial charge is 0.335 e. The van der Waals surface area contributed by atoms with Crippen molar-refractivity contribution >= 4 is 28.9 Å². The predicted octanol–water partition coefficient (Wildman–Crippen LogP) is 2.21. The number of aromatic nitrogens is 1. The van der Waals surface area contributed by atoms with Crippen LogP contribution >= 0.6 is 0 Å². The van der Waals surface area contributed by atoms with Gasteiger partial charge in [0, 0.05) is 17.0 Å². The summed E-state index contributed by atoms with van der Waals surface area (Å²) in [4.78, 5) is 34.8. The molecule has 1 heterocycles. The number of benzene rings is 2. The van der Waals surface area contributed by atoms with Gasteiger partial charge >= 0.3 is 5.97 Å². The fourth-order valence-electron chi connectivity index (χ4n) is 2.48. The molecule has 0 unspecified atom stereocenters. The van der Waals surface area contributed by atoms with Crippen molar-refractivity contribution in [2.45, 2.75) is 0 Å². The Hall–Kier alpha value is -3.54. The maximum Gasteiger partial charge on any atom is 0.335 e. The zero-order chi connectivity index (χ0) is 17.3. The van der Waals surface area contributed by atoms with E-state index in [2.05, 4.69) is 0 Å². The largest absolute Gasteiger partial charge is 0.618 e. The average molecular weight is 321 g/mol. The number of rotatable bonds is 4. The van der Waals surface area contributed by atoms with Crippen LogP contribution in [0.4, 0.5) is 0 Å². The Kier molecular flexibility index (Phi) is 3.79. The molecule has 3 rings (SSSR count). The molecule has 0 aliphatic rings. The van der Waals surface area contributed by atoms with Crippen molar-refractivity contribution in [2.24, 2.45) is 0 Å². The first-order chi connectivity index (χ1) is 11.5. The molecule has 0 aliphatic heterocycles. The number of pyridine rings is 1. The predicted molar refractivity (Wildman–Crippen MR) is 85.1 cm³/mol. The standard InChI is InChI=1S/C18H11NO5/c20-10-16-14(9-13-3-1-2-4-15(13)19(16)24)17(21)11-5-7-12(8-6-11)18(22)23/h1-10H,(H,22,23). The second-order valence-electron chi connectivity index (χ2n) is 5.13. The minimum absolute atomic E-state index is 0.0261. The summed E-state index contributed by atoms with van der Waals surface area (Å²) in [5.74, 6) is -1.63. The van der Waals surface area contributed by atoms with Gasteiger partial charge in [0.15, 0.2) is 5.78 Å². The highest BCUT2D eigenvalue weighted by molar-refractivity contribution is 6.13. The molecule has 3 aromatic rings. The summed E-state index contributed by atoms with van der Waals surface area (Å²) in [6, 6.07) is 13.4. The van der Waals surface area contributed by atoms with Crippen LogP contribution in [-0.4, -0.2) is 23.1 Å². The van der Waals surface area contributed by atoms with Crippen molar-refractivity contribution in [1.29, 1.82) is 0 Å². The Balaban J connectivity index is 2.15. The number of carboxylic acid groups (broad SMARTS) is 1. The molecule has 118 valence electrons. The van der Waals surface area contributed by atoms with E-state index >= 15 is 0 Å². The van der Waals surface area contributed by atoms with Gasteiger partial charge in [-0.1, -0.05) is 24.3 Å². The molecule has 1 N–H and O–H groups in total. The third kappa shape index (κ3) is 2.50. The number of carbonyl (C=O) groups is 3. The van der Waals surface area contributed by atoms with Crippen LogP contribution in [0.1, 0.15) is 36.8 Å². The lowest BCUT2D eigenvalue weighted by atomic mass is 9.99. The molecule has 0 amide bonds. The van der Waals surface area contributed by atoms with E-state index in [0.29, 0.717) is 16.4 Å². The summed E-state index contributed by atoms with van der Waals surface area (Å²) in [7, 11) is 0. The van der Waals surface area contributed by atoms with E-state index in [9.17, 15) is 19.6 Å². The maximum atomic E-state index is 12.6. The van der Waals surface area contributed by atoms with Gasteiger partial charge in [-0.2, -0.15) is 4.73 Å². The minimum Gasteiger partial charge on any atom is -0.618 e. The molecule has 6 nitrogen and oxygen atoms in total. The zero-order valence-electron chi connectivity index (χ0n) is 12.3. The van der Waals surface area contributed by atoms with Gasteiger partial charge in [0.2, 0.25) is 11.8 Å². The first kappa shape index (κ1) is 15.4. The van der Waals surface area contributed by atoms with E-state index in [0.717, 1.165) is 0 Å². The van der Waals surface area contributed by atoms with Gasteiger partial charge < -0.3 is 10.3 Å². The lowest BCUT2D eigenvalue weighted by Crippen LogP contribution is -2.35. The van der Waals surface area contributed by atoms with Crippen molar-refractivity contribution in [3.05, 3.63) is 82.2 Å². The number of nitrogens with zero attached hydrogens (tertiary/aromatic N) is 1. The molecule has 2 aromatic carbocycles. The number of carbonyl (C=O) groups excluding carboxylic acids is 2. The molecule has 0 aliphatic carbocycles. The summed E-state index contributed by atoms with van der Waals surface area (Å²) < 4.78 is 0.432. The highest BCUT2D eigenvalue weighted by atomic mass is 16.5. The highest BCUT2D eigenvalue weighted by Crippen LogP contribution is 2.18. The molecule has 0 spiro atoms. The van der Waals surface area contributed by atoms with Crippen LogP contribution in [0.25, 0.3) is 10.9 Å². The lowest BCUT2D eigenvalue weighted by molar-refractivity contribution is -0.578. The fourth-order valence-corrected chi connectivity index (χ4v) is 2.48. The molecule has 0 atom stereocenters. The number of hydrogen-bond acceptors (Lipinski definition) is 4. The molecular weight excluding hydrogens is 310 g/mol. The van der Waals surface area contributed by atoms with Crippen molar-refractivity contribution in [3.63, 3.8) is 0 Å². The first-order valence-corrected chi connectivity index (χ1v) is 7.01. The van der Waals surface area contributed by atoms with Crippen LogP contribution in [0, 0.1) is 5.21 Å². The van der Waals surface area contributed by atoms with Crippen molar-refractivity contribution < 1.29 is 24.2 Å². The van der Waals surface area contributed by atoms with Gasteiger partial charge in [-0.05, 0) is 24.3 Å². The van der Waals surface area contributed by atoms with E-state index in [1.165, 1.54) is 30.3 Å². The minimum atomic E-state index is -1.11. The van der Waals surface area contributed by atoms with Gasteiger partial charge in [0.05, 0.1) is 11.1 Å². The van der Waals surface area contributed by atoms with Crippen molar-refractivity contribution in [1.82, 2.24) is 0 Å². The lowest BCUT2D eigenvalue weighted by Gasteiger charge is -2.09. The number of carboxylic acids is 1. The Morgan fingerprint density at radius 1 is 1.00 bits per heavy atom. The number of hydrogen-bond donors (Lipinski definition) is 1. The monoisotopic (exact) mass is 321 g/mol. The van der Waals surface area contributed by atoms with Crippen LogP contribution in [0.3, 0.4) is 0 Å². The Bertz CT molecular complexity index is 977. The number of aldehydes is 1. The van der Waals surface area contributed by atoms with Gasteiger partial charge in [-0.25, -0.2) is 4.79 Å². The molecule has 24 heavy (non-hydrogen) atoms. The number of para-hydroxylation sites is 1. The van der Waals surface area contributed by atoms with Crippen molar-refractivity contribution in [3.8, 4) is 0 Å². The van der Waals surface area contributed by atoms with E-state index in [4.69, 9.17) is 5.11 Å². The summed E-state index contributed by atoms with van der Waals surface area (Å²) >= 11 is 0. The Morgan fingerprint density at radius 3 is 2.25 bits per heavy atom. The van der Waals surface area contributed by atoms with Crippen molar-refractivity contribution in [2.75, 3.05) is 0 Å². The number of aromatic carboxylic acids is 1. The van der Waals surface area contributed by atoms with Crippen LogP contribution in [0.2, 0.25) is 0 Å². The molecule has 0 radical (unpaired) electrons. The quantitative estimate of drug-likeness (QED) is 0.344. The van der Waals surface area contributed by atoms with Gasteiger partial charge in [0.25, 0.3) is 5.69 Å². The van der Waals surface area contributed by atoms with E-state index < -0.39 is 11.8 Å². The third-order valence-electron chi connectivity index (χ3n) is 3.70. The Morgan fingerprint density at radius 2 is 1.62 bits per heavy atom. The SMILES string of the molecule is O=Cc1c(C(=O)c2ccc(C(=O)O)cc2)cc2ccccc2[n+]1[O-]. The number of ketones is 1. The number of fused-ring (bicyclic) bond motifs is 1. The normalized spacial score (nSPS) is 10.5. The zero-order valence-corrected chi connectivity index (χ0v) is 12.3. The summed E-state index contributed by atoms with van der Waals surface area (Å²) in [5, 5.41) is 21.7. The maximum absolute atomic E-state index is 12.6. The summed E-state index contributed by atoms with van der Waals surface area (Å²) in [6.07, 6.45) is 0.346. The van der Waals surface area contributed by atoms with Crippen LogP contribution in [0.5, 0.6) is 0 Å². The van der Waals surface area contributed by atoms with E-state index in [1.807, 2.05) is 0 Å². The average Bonchev–Trinajstić information content (AvgIpc) is 2.61. The third-order valence-corrected chi connectivity index (χ3v) is 3.70. The molecular formula is C18H11NO5. The second kappa shape index (κ2) is 5.92. The molecule has 0 bridgehead atoms. The van der Waals surface area contributed by atoms with Gasteiger partial charge in [-0.3, -0.25) is 9.59 Å². The van der Waals surface area contributed by atoms with Gasteiger partial charge in [0.1, 0.15) is 0 Å².